The minimum atomic E-state index is -0.959. The van der Waals surface area contributed by atoms with Gasteiger partial charge in [0.2, 0.25) is 12.2 Å². The third-order valence-electron chi connectivity index (χ3n) is 5.32. The van der Waals surface area contributed by atoms with Gasteiger partial charge < -0.3 is 0 Å². The molecule has 0 spiro atoms. The van der Waals surface area contributed by atoms with Crippen molar-refractivity contribution in [3.63, 3.8) is 0 Å². The number of rotatable bonds is 6. The van der Waals surface area contributed by atoms with Gasteiger partial charge in [0.1, 0.15) is 4.91 Å². The van der Waals surface area contributed by atoms with Crippen LogP contribution < -0.4 is 0 Å². The Morgan fingerprint density at radius 2 is 0.923 bits per heavy atom. The van der Waals surface area contributed by atoms with Crippen molar-refractivity contribution in [1.29, 1.82) is 0 Å². The number of nitrogens with zero attached hydrogens (tertiary/aromatic N) is 3. The highest BCUT2D eigenvalue weighted by atomic mass is 17.0. The van der Waals surface area contributed by atoms with Crippen molar-refractivity contribution in [3.8, 4) is 0 Å². The van der Waals surface area contributed by atoms with Crippen LogP contribution in [0.3, 0.4) is 0 Å². The highest BCUT2D eigenvalue weighted by Gasteiger charge is 2.43. The Morgan fingerprint density at radius 3 is 1.27 bits per heavy atom. The van der Waals surface area contributed by atoms with Crippen LogP contribution in [-0.4, -0.2) is 39.2 Å². The molecule has 0 saturated heterocycles. The summed E-state index contributed by atoms with van der Waals surface area (Å²) in [5.74, 6) is 0. The van der Waals surface area contributed by atoms with Crippen molar-refractivity contribution in [2.45, 2.75) is 101 Å². The lowest BCUT2D eigenvalue weighted by Gasteiger charge is -2.20. The fraction of sp³-hybridized carbons (Fsp3) is 1.00. The molecule has 0 N–H and O–H groups in total. The Morgan fingerprint density at radius 1 is 0.577 bits per heavy atom. The lowest BCUT2D eigenvalue weighted by atomic mass is 9.94. The molecule has 2 aliphatic rings. The Balaban J connectivity index is 1.98. The summed E-state index contributed by atoms with van der Waals surface area (Å²) in [7, 11) is 0. The van der Waals surface area contributed by atoms with Crippen molar-refractivity contribution < 1.29 is 24.6 Å². The highest BCUT2D eigenvalue weighted by Crippen LogP contribution is 2.25. The summed E-state index contributed by atoms with van der Waals surface area (Å²) in [5.41, 5.74) is 0. The molecule has 148 valence electrons. The molecule has 10 nitrogen and oxygen atoms in total. The molecule has 0 amide bonds. The molecule has 26 heavy (non-hydrogen) atoms. The van der Waals surface area contributed by atoms with Crippen molar-refractivity contribution in [1.82, 2.24) is 0 Å². The van der Waals surface area contributed by atoms with E-state index < -0.39 is 34.1 Å². The molecule has 0 aromatic carbocycles. The van der Waals surface area contributed by atoms with E-state index in [0.29, 0.717) is 25.7 Å². The second-order valence-corrected chi connectivity index (χ2v) is 7.20. The van der Waals surface area contributed by atoms with Gasteiger partial charge in [0.25, 0.3) is 12.1 Å². The first-order valence-corrected chi connectivity index (χ1v) is 9.57. The van der Waals surface area contributed by atoms with E-state index in [-0.39, 0.29) is 5.09 Å². The fourth-order valence-electron chi connectivity index (χ4n) is 3.84. The van der Waals surface area contributed by atoms with Crippen LogP contribution in [0.2, 0.25) is 0 Å². The third-order valence-corrected chi connectivity index (χ3v) is 5.32. The zero-order chi connectivity index (χ0) is 18.9. The predicted molar refractivity (Wildman–Crippen MR) is 90.3 cm³/mol. The van der Waals surface area contributed by atoms with Gasteiger partial charge in [0.15, 0.2) is 0 Å². The van der Waals surface area contributed by atoms with E-state index in [9.17, 15) is 25.1 Å². The fourth-order valence-corrected chi connectivity index (χ4v) is 3.84. The van der Waals surface area contributed by atoms with Crippen LogP contribution in [0, 0.1) is 25.1 Å². The predicted octanol–water partition coefficient (Wildman–Crippen LogP) is 3.36. The van der Waals surface area contributed by atoms with Gasteiger partial charge in [0.05, 0.1) is 0 Å². The van der Waals surface area contributed by atoms with E-state index in [1.165, 1.54) is 0 Å². The average molecular weight is 374 g/mol. The molecule has 0 radical (unpaired) electrons. The van der Waals surface area contributed by atoms with Gasteiger partial charge in [-0.2, -0.15) is 9.68 Å². The van der Waals surface area contributed by atoms with Gasteiger partial charge >= 0.3 is 5.09 Å². The molecule has 2 fully saturated rings. The first kappa shape index (κ1) is 20.3. The summed E-state index contributed by atoms with van der Waals surface area (Å²) in [5, 5.41) is 22.5. The Hall–Kier alpha value is -2.00. The minimum Gasteiger partial charge on any atom is -0.264 e. The van der Waals surface area contributed by atoms with E-state index in [1.54, 1.807) is 0 Å². The normalized spacial score (nSPS) is 30.8. The molecule has 0 aromatic heterocycles. The van der Waals surface area contributed by atoms with Crippen LogP contribution in [0.25, 0.3) is 0 Å². The first-order valence-electron chi connectivity index (χ1n) is 9.57. The van der Waals surface area contributed by atoms with Gasteiger partial charge in [-0.25, -0.2) is 0 Å². The van der Waals surface area contributed by atoms with E-state index in [0.717, 1.165) is 51.4 Å². The standard InChI is InChI=1S/C16H28N3O7/c20-17(21)13-9-5-1-3-7-11-15(13)25-19(24)26-16-12-8-4-2-6-10-14(16)18(22)23/h13-16H,1-12H2/q+1. The molecule has 4 atom stereocenters. The summed E-state index contributed by atoms with van der Waals surface area (Å²) >= 11 is 0. The van der Waals surface area contributed by atoms with E-state index in [1.807, 2.05) is 0 Å². The molecular weight excluding hydrogens is 346 g/mol. The molecule has 10 heteroatoms. The van der Waals surface area contributed by atoms with Crippen LogP contribution in [-0.2, 0) is 9.68 Å². The molecule has 0 heterocycles. The Kier molecular flexibility index (Phi) is 7.99. The van der Waals surface area contributed by atoms with Gasteiger partial charge in [-0.15, -0.1) is 0 Å². The first-order chi connectivity index (χ1) is 12.5. The molecule has 2 aliphatic carbocycles. The second kappa shape index (κ2) is 10.2. The van der Waals surface area contributed by atoms with E-state index in [2.05, 4.69) is 0 Å². The molecule has 0 aromatic rings. The maximum Gasteiger partial charge on any atom is 0.478 e. The average Bonchev–Trinajstić information content (AvgIpc) is 2.52. The zero-order valence-electron chi connectivity index (χ0n) is 15.0. The van der Waals surface area contributed by atoms with Gasteiger partial charge in [-0.3, -0.25) is 20.2 Å². The number of hydrogen-bond acceptors (Lipinski definition) is 7. The lowest BCUT2D eigenvalue weighted by molar-refractivity contribution is -0.997. The molecule has 2 rings (SSSR count). The van der Waals surface area contributed by atoms with Crippen LogP contribution in [0.1, 0.15) is 77.0 Å². The largest absolute Gasteiger partial charge is 0.478 e. The van der Waals surface area contributed by atoms with Crippen LogP contribution in [0.15, 0.2) is 0 Å². The van der Waals surface area contributed by atoms with Gasteiger partial charge in [-0.05, 0) is 38.5 Å². The quantitative estimate of drug-likeness (QED) is 0.515. The molecule has 0 aliphatic heterocycles. The summed E-state index contributed by atoms with van der Waals surface area (Å²) in [6.07, 6.45) is 6.43. The maximum atomic E-state index is 12.1. The van der Waals surface area contributed by atoms with Crippen LogP contribution >= 0.6 is 0 Å². The molecule has 2 saturated carbocycles. The minimum absolute atomic E-state index is 0.106. The van der Waals surface area contributed by atoms with Crippen molar-refractivity contribution in [2.24, 2.45) is 0 Å². The number of nitro groups is 2. The van der Waals surface area contributed by atoms with Crippen LogP contribution in [0.5, 0.6) is 0 Å². The Bertz CT molecular complexity index is 460. The number of hydrogen-bond donors (Lipinski definition) is 0. The highest BCUT2D eigenvalue weighted by molar-refractivity contribution is 4.73. The maximum absolute atomic E-state index is 12.1. The summed E-state index contributed by atoms with van der Waals surface area (Å²) < 4.78 is 0. The lowest BCUT2D eigenvalue weighted by Crippen LogP contribution is -2.42. The topological polar surface area (TPSA) is 125 Å². The molecule has 0 bridgehead atoms. The van der Waals surface area contributed by atoms with Crippen LogP contribution in [0.4, 0.5) is 0 Å². The van der Waals surface area contributed by atoms with Gasteiger partial charge in [0, 0.05) is 22.7 Å². The summed E-state index contributed by atoms with van der Waals surface area (Å²) in [6, 6.07) is -1.92. The second-order valence-electron chi connectivity index (χ2n) is 7.20. The smallest absolute Gasteiger partial charge is 0.264 e. The Labute approximate surface area is 152 Å². The van der Waals surface area contributed by atoms with E-state index in [4.69, 9.17) is 9.68 Å². The van der Waals surface area contributed by atoms with Crippen molar-refractivity contribution >= 4 is 0 Å². The monoisotopic (exact) mass is 374 g/mol. The summed E-state index contributed by atoms with van der Waals surface area (Å²) in [6.45, 7) is 0. The van der Waals surface area contributed by atoms with Crippen molar-refractivity contribution in [3.05, 3.63) is 25.1 Å². The SMILES string of the molecule is O=[N+](OC1CCCCCCC1[N+](=O)[O-])OC1CCCCCCC1[N+](=O)[O-]. The zero-order valence-corrected chi connectivity index (χ0v) is 15.0. The molecular formula is C16H28N3O7+. The third kappa shape index (κ3) is 6.06. The van der Waals surface area contributed by atoms with E-state index >= 15 is 0 Å². The molecule has 4 unspecified atom stereocenters. The van der Waals surface area contributed by atoms with Crippen molar-refractivity contribution in [2.75, 3.05) is 0 Å². The summed E-state index contributed by atoms with van der Waals surface area (Å²) in [4.78, 5) is 44.3. The van der Waals surface area contributed by atoms with Gasteiger partial charge in [-0.1, -0.05) is 25.7 Å².